The molecule has 1 heterocycles. The Morgan fingerprint density at radius 2 is 1.46 bits per heavy atom. The monoisotopic (exact) mass is 375 g/mol. The SMILES string of the molecule is COCCN1C=CC=CC1.COCCOCCOCCOCCC(=O)O. The van der Waals surface area contributed by atoms with Crippen molar-refractivity contribution in [2.24, 2.45) is 0 Å². The summed E-state index contributed by atoms with van der Waals surface area (Å²) in [4.78, 5) is 12.3. The number of methoxy groups -OCH3 is 2. The molecule has 0 saturated heterocycles. The van der Waals surface area contributed by atoms with Gasteiger partial charge in [0.15, 0.2) is 0 Å². The molecule has 1 N–H and O–H groups in total. The van der Waals surface area contributed by atoms with Gasteiger partial charge >= 0.3 is 5.97 Å². The first kappa shape index (κ1) is 24.6. The molecule has 0 saturated carbocycles. The molecule has 0 radical (unpaired) electrons. The number of hydrogen-bond acceptors (Lipinski definition) is 7. The van der Waals surface area contributed by atoms with Gasteiger partial charge in [-0.15, -0.1) is 0 Å². The van der Waals surface area contributed by atoms with Crippen LogP contribution in [0, 0.1) is 0 Å². The standard InChI is InChI=1S/C10H20O6.C8H13NO/c1-13-4-5-15-8-9-16-7-6-14-3-2-10(11)12;1-10-8-7-9-5-3-2-4-6-9/h2-9H2,1H3,(H,11,12);2-5H,6-8H2,1H3. The first-order valence-corrected chi connectivity index (χ1v) is 8.71. The Morgan fingerprint density at radius 1 is 0.885 bits per heavy atom. The fourth-order valence-electron chi connectivity index (χ4n) is 1.73. The average molecular weight is 375 g/mol. The maximum atomic E-state index is 10.1. The van der Waals surface area contributed by atoms with Crippen molar-refractivity contribution in [3.8, 4) is 0 Å². The quantitative estimate of drug-likeness (QED) is 0.427. The number of carbonyl (C=O) groups is 1. The highest BCUT2D eigenvalue weighted by molar-refractivity contribution is 5.66. The van der Waals surface area contributed by atoms with Crippen molar-refractivity contribution in [2.45, 2.75) is 6.42 Å². The molecule has 8 heteroatoms. The largest absolute Gasteiger partial charge is 0.481 e. The van der Waals surface area contributed by atoms with Crippen LogP contribution in [0.1, 0.15) is 6.42 Å². The zero-order chi connectivity index (χ0) is 19.3. The summed E-state index contributed by atoms with van der Waals surface area (Å²) >= 11 is 0. The van der Waals surface area contributed by atoms with Crippen LogP contribution in [0.15, 0.2) is 24.4 Å². The molecule has 152 valence electrons. The summed E-state index contributed by atoms with van der Waals surface area (Å²) in [7, 11) is 3.35. The maximum Gasteiger partial charge on any atom is 0.305 e. The van der Waals surface area contributed by atoms with Crippen molar-refractivity contribution in [2.75, 3.05) is 80.2 Å². The lowest BCUT2D eigenvalue weighted by atomic mass is 10.3. The molecular formula is C18H33NO7. The molecule has 0 atom stereocenters. The maximum absolute atomic E-state index is 10.1. The number of allylic oxidation sites excluding steroid dienone is 2. The van der Waals surface area contributed by atoms with Crippen LogP contribution in [-0.2, 0) is 28.5 Å². The molecule has 0 amide bonds. The predicted octanol–water partition coefficient (Wildman–Crippen LogP) is 1.18. The van der Waals surface area contributed by atoms with Crippen LogP contribution < -0.4 is 0 Å². The fraction of sp³-hybridized carbons (Fsp3) is 0.722. The van der Waals surface area contributed by atoms with Crippen LogP contribution in [0.25, 0.3) is 0 Å². The minimum absolute atomic E-state index is 0.0279. The highest BCUT2D eigenvalue weighted by Gasteiger charge is 1.97. The summed E-state index contributed by atoms with van der Waals surface area (Å²) in [5.74, 6) is -0.854. The Morgan fingerprint density at radius 3 is 1.96 bits per heavy atom. The van der Waals surface area contributed by atoms with Crippen molar-refractivity contribution >= 4 is 5.97 Å². The summed E-state index contributed by atoms with van der Waals surface area (Å²) in [6, 6.07) is 0. The Kier molecular flexibility index (Phi) is 18.8. The molecule has 26 heavy (non-hydrogen) atoms. The second-order valence-electron chi connectivity index (χ2n) is 5.23. The molecule has 0 aromatic heterocycles. The number of aliphatic carboxylic acids is 1. The van der Waals surface area contributed by atoms with Gasteiger partial charge in [-0.1, -0.05) is 12.2 Å². The van der Waals surface area contributed by atoms with Gasteiger partial charge in [-0.25, -0.2) is 0 Å². The molecule has 1 aliphatic rings. The third-order valence-electron chi connectivity index (χ3n) is 3.10. The van der Waals surface area contributed by atoms with Crippen LogP contribution in [0.2, 0.25) is 0 Å². The van der Waals surface area contributed by atoms with Crippen LogP contribution in [-0.4, -0.2) is 96.1 Å². The summed E-state index contributed by atoms with van der Waals surface area (Å²) < 4.78 is 25.1. The van der Waals surface area contributed by atoms with Crippen LogP contribution in [0.3, 0.4) is 0 Å². The van der Waals surface area contributed by atoms with Gasteiger partial charge in [0.1, 0.15) is 0 Å². The molecular weight excluding hydrogens is 342 g/mol. The number of nitrogens with zero attached hydrogens (tertiary/aromatic N) is 1. The van der Waals surface area contributed by atoms with E-state index in [2.05, 4.69) is 23.3 Å². The summed E-state index contributed by atoms with van der Waals surface area (Å²) in [5, 5.41) is 8.32. The van der Waals surface area contributed by atoms with Crippen molar-refractivity contribution < 1.29 is 33.6 Å². The van der Waals surface area contributed by atoms with Crippen LogP contribution >= 0.6 is 0 Å². The van der Waals surface area contributed by atoms with E-state index in [1.807, 2.05) is 6.08 Å². The minimum Gasteiger partial charge on any atom is -0.481 e. The summed E-state index contributed by atoms with van der Waals surface area (Å²) in [6.45, 7) is 6.06. The molecule has 0 aliphatic carbocycles. The molecule has 1 rings (SSSR count). The van der Waals surface area contributed by atoms with E-state index in [9.17, 15) is 4.79 Å². The zero-order valence-electron chi connectivity index (χ0n) is 15.9. The molecule has 0 spiro atoms. The number of hydrogen-bond donors (Lipinski definition) is 1. The van der Waals surface area contributed by atoms with E-state index in [0.29, 0.717) is 39.6 Å². The Labute approximate surface area is 156 Å². The van der Waals surface area contributed by atoms with Gasteiger partial charge in [0, 0.05) is 27.3 Å². The number of rotatable bonds is 15. The molecule has 0 unspecified atom stereocenters. The van der Waals surface area contributed by atoms with Gasteiger partial charge in [0.05, 0.1) is 59.3 Å². The first-order valence-electron chi connectivity index (χ1n) is 8.71. The fourth-order valence-corrected chi connectivity index (χ4v) is 1.73. The second-order valence-corrected chi connectivity index (χ2v) is 5.23. The van der Waals surface area contributed by atoms with Crippen LogP contribution in [0.5, 0.6) is 0 Å². The topological polar surface area (TPSA) is 86.7 Å². The van der Waals surface area contributed by atoms with Crippen molar-refractivity contribution in [3.63, 3.8) is 0 Å². The molecule has 0 bridgehead atoms. The van der Waals surface area contributed by atoms with Crippen molar-refractivity contribution in [1.82, 2.24) is 4.90 Å². The van der Waals surface area contributed by atoms with Gasteiger partial charge in [-0.3, -0.25) is 4.79 Å². The lowest BCUT2D eigenvalue weighted by molar-refractivity contribution is -0.138. The van der Waals surface area contributed by atoms with Crippen molar-refractivity contribution in [1.29, 1.82) is 0 Å². The Balaban J connectivity index is 0.000000531. The lowest BCUT2D eigenvalue weighted by Crippen LogP contribution is -2.22. The van der Waals surface area contributed by atoms with Gasteiger partial charge in [-0.05, 0) is 12.3 Å². The summed E-state index contributed by atoms with van der Waals surface area (Å²) in [6.07, 6.45) is 8.34. The lowest BCUT2D eigenvalue weighted by Gasteiger charge is -2.19. The van der Waals surface area contributed by atoms with E-state index in [1.54, 1.807) is 14.2 Å². The average Bonchev–Trinajstić information content (AvgIpc) is 2.65. The predicted molar refractivity (Wildman–Crippen MR) is 98.3 cm³/mol. The van der Waals surface area contributed by atoms with Gasteiger partial charge < -0.3 is 33.7 Å². The third kappa shape index (κ3) is 18.9. The molecule has 1 aliphatic heterocycles. The highest BCUT2D eigenvalue weighted by Crippen LogP contribution is 1.96. The van der Waals surface area contributed by atoms with E-state index in [0.717, 1.165) is 19.7 Å². The molecule has 0 aromatic rings. The van der Waals surface area contributed by atoms with E-state index >= 15 is 0 Å². The minimum atomic E-state index is -0.854. The van der Waals surface area contributed by atoms with Crippen molar-refractivity contribution in [3.05, 3.63) is 24.4 Å². The highest BCUT2D eigenvalue weighted by atomic mass is 16.6. The van der Waals surface area contributed by atoms with E-state index in [4.69, 9.17) is 28.8 Å². The molecule has 0 aromatic carbocycles. The molecule has 0 fully saturated rings. The summed E-state index contributed by atoms with van der Waals surface area (Å²) in [5.41, 5.74) is 0. The van der Waals surface area contributed by atoms with E-state index in [-0.39, 0.29) is 13.0 Å². The van der Waals surface area contributed by atoms with Gasteiger partial charge in [0.25, 0.3) is 0 Å². The van der Waals surface area contributed by atoms with Gasteiger partial charge in [-0.2, -0.15) is 0 Å². The second kappa shape index (κ2) is 19.9. The van der Waals surface area contributed by atoms with E-state index < -0.39 is 5.97 Å². The number of carboxylic acid groups (broad SMARTS) is 1. The third-order valence-corrected chi connectivity index (χ3v) is 3.10. The Bertz CT molecular complexity index is 375. The number of carboxylic acids is 1. The van der Waals surface area contributed by atoms with Gasteiger partial charge in [0.2, 0.25) is 0 Å². The van der Waals surface area contributed by atoms with E-state index in [1.165, 1.54) is 0 Å². The first-order chi connectivity index (χ1) is 12.7. The zero-order valence-corrected chi connectivity index (χ0v) is 15.9. The Hall–Kier alpha value is -1.45. The smallest absolute Gasteiger partial charge is 0.305 e. The number of ether oxygens (including phenoxy) is 5. The molecule has 8 nitrogen and oxygen atoms in total. The van der Waals surface area contributed by atoms with Crippen LogP contribution in [0.4, 0.5) is 0 Å². The normalized spacial score (nSPS) is 12.8.